The number of unbranched alkanes of at least 4 members (excludes halogenated alkanes) is 2. The van der Waals surface area contributed by atoms with Crippen LogP contribution >= 0.6 is 0 Å². The predicted molar refractivity (Wildman–Crippen MR) is 149 cm³/mol. The third-order valence-corrected chi connectivity index (χ3v) is 9.50. The zero-order valence-electron chi connectivity index (χ0n) is 22.8. The maximum Gasteiger partial charge on any atom is 0.119 e. The molecule has 5 rings (SSSR count). The van der Waals surface area contributed by atoms with E-state index >= 15 is 0 Å². The molecule has 4 atom stereocenters. The van der Waals surface area contributed by atoms with E-state index < -0.39 is 0 Å². The predicted octanol–water partition coefficient (Wildman–Crippen LogP) is 9.33. The first-order valence-corrected chi connectivity index (χ1v) is 14.2. The second-order valence-corrected chi connectivity index (χ2v) is 11.9. The van der Waals surface area contributed by atoms with Gasteiger partial charge in [-0.15, -0.1) is 0 Å². The molecule has 2 aromatic carbocycles. The zero-order valence-corrected chi connectivity index (χ0v) is 22.8. The number of hydrogen-bond acceptors (Lipinski definition) is 1. The minimum atomic E-state index is 0.0547. The Balaban J connectivity index is 1.68. The van der Waals surface area contributed by atoms with Crippen LogP contribution in [0, 0.1) is 5.92 Å². The van der Waals surface area contributed by atoms with E-state index in [1.165, 1.54) is 84.3 Å². The van der Waals surface area contributed by atoms with Crippen LogP contribution in [-0.2, 0) is 10.8 Å². The van der Waals surface area contributed by atoms with E-state index in [9.17, 15) is 0 Å². The number of fused-ring (bicyclic) bond motifs is 6. The van der Waals surface area contributed by atoms with Crippen LogP contribution in [0.2, 0.25) is 0 Å². The molecule has 2 nitrogen and oxygen atoms in total. The number of aromatic nitrogens is 2. The Morgan fingerprint density at radius 3 is 2.51 bits per heavy atom. The van der Waals surface area contributed by atoms with E-state index in [1.807, 2.05) is 6.20 Å². The third-order valence-electron chi connectivity index (χ3n) is 9.50. The molecule has 0 bridgehead atoms. The van der Waals surface area contributed by atoms with Crippen molar-refractivity contribution in [3.8, 4) is 16.8 Å². The lowest BCUT2D eigenvalue weighted by Crippen LogP contribution is -2.37. The van der Waals surface area contributed by atoms with Gasteiger partial charge in [0.1, 0.15) is 5.82 Å². The monoisotopic (exact) mass is 468 g/mol. The van der Waals surface area contributed by atoms with Gasteiger partial charge in [0.15, 0.2) is 0 Å². The van der Waals surface area contributed by atoms with Crippen LogP contribution in [-0.4, -0.2) is 9.55 Å². The van der Waals surface area contributed by atoms with Gasteiger partial charge in [0, 0.05) is 23.2 Å². The molecule has 1 aliphatic heterocycles. The van der Waals surface area contributed by atoms with Crippen LogP contribution < -0.4 is 0 Å². The van der Waals surface area contributed by atoms with Crippen LogP contribution in [0.1, 0.15) is 121 Å². The van der Waals surface area contributed by atoms with Gasteiger partial charge in [0.2, 0.25) is 0 Å². The van der Waals surface area contributed by atoms with Crippen molar-refractivity contribution in [2.75, 3.05) is 0 Å². The number of imidazole rings is 1. The summed E-state index contributed by atoms with van der Waals surface area (Å²) in [7, 11) is 0. The van der Waals surface area contributed by atoms with Gasteiger partial charge in [-0.2, -0.15) is 0 Å². The number of nitrogens with zero attached hydrogens (tertiary/aromatic N) is 2. The van der Waals surface area contributed by atoms with Gasteiger partial charge in [0.05, 0.1) is 5.69 Å². The first-order valence-electron chi connectivity index (χ1n) is 14.2. The molecule has 2 heterocycles. The summed E-state index contributed by atoms with van der Waals surface area (Å²) >= 11 is 0. The van der Waals surface area contributed by atoms with Crippen molar-refractivity contribution in [1.29, 1.82) is 0 Å². The Labute approximate surface area is 213 Å². The molecule has 2 aliphatic rings. The van der Waals surface area contributed by atoms with E-state index in [0.29, 0.717) is 11.8 Å². The average Bonchev–Trinajstić information content (AvgIpc) is 3.44. The summed E-state index contributed by atoms with van der Waals surface area (Å²) in [6.45, 7) is 14.4. The molecule has 1 aliphatic carbocycles. The van der Waals surface area contributed by atoms with Gasteiger partial charge in [-0.3, -0.25) is 0 Å². The lowest BCUT2D eigenvalue weighted by molar-refractivity contribution is 0.308. The summed E-state index contributed by atoms with van der Waals surface area (Å²) in [5.74, 6) is 2.46. The first kappa shape index (κ1) is 24.3. The van der Waals surface area contributed by atoms with Crippen molar-refractivity contribution in [2.45, 2.75) is 110 Å². The molecule has 2 heteroatoms. The molecule has 0 N–H and O–H groups in total. The van der Waals surface area contributed by atoms with Gasteiger partial charge in [-0.1, -0.05) is 97.9 Å². The Morgan fingerprint density at radius 1 is 0.971 bits per heavy atom. The highest BCUT2D eigenvalue weighted by atomic mass is 15.1. The van der Waals surface area contributed by atoms with Gasteiger partial charge in [-0.05, 0) is 71.0 Å². The van der Waals surface area contributed by atoms with E-state index in [1.54, 1.807) is 0 Å². The summed E-state index contributed by atoms with van der Waals surface area (Å²) in [6.07, 6.45) is 14.2. The highest BCUT2D eigenvalue weighted by molar-refractivity contribution is 5.83. The average molecular weight is 469 g/mol. The Bertz CT molecular complexity index is 1200. The molecule has 3 unspecified atom stereocenters. The molecule has 0 spiro atoms. The smallest absolute Gasteiger partial charge is 0.119 e. The molecular weight excluding hydrogens is 424 g/mol. The van der Waals surface area contributed by atoms with E-state index in [4.69, 9.17) is 4.98 Å². The minimum Gasteiger partial charge on any atom is -0.303 e. The molecule has 0 saturated heterocycles. The molecule has 1 aromatic heterocycles. The molecule has 0 fully saturated rings. The highest BCUT2D eigenvalue weighted by Gasteiger charge is 2.46. The van der Waals surface area contributed by atoms with E-state index in [-0.39, 0.29) is 10.8 Å². The molecular formula is C33H44N2. The second kappa shape index (κ2) is 9.26. The summed E-state index contributed by atoms with van der Waals surface area (Å²) in [5, 5.41) is 0. The summed E-state index contributed by atoms with van der Waals surface area (Å²) in [5.41, 5.74) is 9.00. The van der Waals surface area contributed by atoms with Crippen molar-refractivity contribution >= 4 is 0 Å². The van der Waals surface area contributed by atoms with Crippen molar-refractivity contribution in [3.63, 3.8) is 0 Å². The second-order valence-electron chi connectivity index (χ2n) is 11.9. The van der Waals surface area contributed by atoms with Crippen LogP contribution in [0.3, 0.4) is 0 Å². The van der Waals surface area contributed by atoms with Crippen LogP contribution in [0.25, 0.3) is 16.8 Å². The maximum absolute atomic E-state index is 4.93. The Kier molecular flexibility index (Phi) is 6.45. The van der Waals surface area contributed by atoms with Gasteiger partial charge >= 0.3 is 0 Å². The lowest BCUT2D eigenvalue weighted by Gasteiger charge is -2.43. The topological polar surface area (TPSA) is 17.8 Å². The van der Waals surface area contributed by atoms with Crippen molar-refractivity contribution < 1.29 is 0 Å². The molecule has 3 aromatic rings. The Hall–Kier alpha value is -2.35. The van der Waals surface area contributed by atoms with Crippen molar-refractivity contribution in [3.05, 3.63) is 71.3 Å². The number of benzene rings is 2. The summed E-state index contributed by atoms with van der Waals surface area (Å²) < 4.78 is 2.42. The van der Waals surface area contributed by atoms with Crippen LogP contribution in [0.4, 0.5) is 0 Å². The standard InChI is InChI=1S/C33H44N2/c1-7-10-11-15-23(4)22-33(6)28-17-13-12-16-24(28)25-20-26-27(14-8-2)32(5,9-3)31-34-18-19-35(31)30(26)21-29(25)33/h12-13,16-21,23,27H,7-11,14-15,22H2,1-6H3/t23?,27?,32-,33?/m1/s1. The van der Waals surface area contributed by atoms with Crippen molar-refractivity contribution in [1.82, 2.24) is 9.55 Å². The maximum atomic E-state index is 4.93. The fraction of sp³-hybridized carbons (Fsp3) is 0.545. The normalized spacial score (nSPS) is 25.0. The molecule has 35 heavy (non-hydrogen) atoms. The summed E-state index contributed by atoms with van der Waals surface area (Å²) in [6, 6.07) is 14.4. The van der Waals surface area contributed by atoms with Crippen LogP contribution in [0.5, 0.6) is 0 Å². The molecule has 186 valence electrons. The highest BCUT2D eigenvalue weighted by Crippen LogP contribution is 2.56. The third kappa shape index (κ3) is 3.71. The lowest BCUT2D eigenvalue weighted by atomic mass is 9.66. The van der Waals surface area contributed by atoms with Gasteiger partial charge < -0.3 is 4.57 Å². The van der Waals surface area contributed by atoms with Gasteiger partial charge in [-0.25, -0.2) is 4.98 Å². The minimum absolute atomic E-state index is 0.0547. The molecule has 0 saturated carbocycles. The number of hydrogen-bond donors (Lipinski definition) is 0. The van der Waals surface area contributed by atoms with Gasteiger partial charge in [0.25, 0.3) is 0 Å². The quantitative estimate of drug-likeness (QED) is 0.286. The summed E-state index contributed by atoms with van der Waals surface area (Å²) in [4.78, 5) is 4.93. The van der Waals surface area contributed by atoms with Crippen molar-refractivity contribution in [2.24, 2.45) is 5.92 Å². The number of rotatable bonds is 9. The van der Waals surface area contributed by atoms with Crippen LogP contribution in [0.15, 0.2) is 48.8 Å². The largest absolute Gasteiger partial charge is 0.303 e. The Morgan fingerprint density at radius 2 is 1.77 bits per heavy atom. The zero-order chi connectivity index (χ0) is 24.8. The SMILES string of the molecule is CCCCCC(C)CC1(C)c2ccccc2-c2cc3c(cc21)-n1ccnc1[C@](C)(CC)C3CCC. The first-order chi connectivity index (χ1) is 16.9. The molecule has 0 amide bonds. The fourth-order valence-electron chi connectivity index (χ4n) is 7.46. The van der Waals surface area contributed by atoms with E-state index in [2.05, 4.69) is 88.7 Å². The van der Waals surface area contributed by atoms with E-state index in [0.717, 1.165) is 6.42 Å². The molecule has 0 radical (unpaired) electrons. The fourth-order valence-corrected chi connectivity index (χ4v) is 7.46.